The molecular formula is C19H20INO3. The zero-order valence-corrected chi connectivity index (χ0v) is 16.1. The van der Waals surface area contributed by atoms with Crippen molar-refractivity contribution in [2.24, 2.45) is 0 Å². The van der Waals surface area contributed by atoms with Crippen molar-refractivity contribution in [3.8, 4) is 11.5 Å². The van der Waals surface area contributed by atoms with Crippen molar-refractivity contribution in [2.75, 3.05) is 7.11 Å². The second-order valence-electron chi connectivity index (χ2n) is 6.50. The van der Waals surface area contributed by atoms with Crippen LogP contribution in [0.3, 0.4) is 0 Å². The van der Waals surface area contributed by atoms with Gasteiger partial charge in [-0.2, -0.15) is 0 Å². The summed E-state index contributed by atoms with van der Waals surface area (Å²) in [6.07, 6.45) is 0.698. The van der Waals surface area contributed by atoms with Crippen LogP contribution in [-0.4, -0.2) is 18.6 Å². The maximum atomic E-state index is 12.6. The van der Waals surface area contributed by atoms with E-state index in [4.69, 9.17) is 9.47 Å². The molecule has 24 heavy (non-hydrogen) atoms. The molecule has 1 aliphatic heterocycles. The van der Waals surface area contributed by atoms with Gasteiger partial charge < -0.3 is 14.8 Å². The van der Waals surface area contributed by atoms with E-state index in [9.17, 15) is 4.79 Å². The van der Waals surface area contributed by atoms with Crippen LogP contribution in [0.25, 0.3) is 0 Å². The third-order valence-electron chi connectivity index (χ3n) is 4.09. The topological polar surface area (TPSA) is 47.6 Å². The first-order valence-corrected chi connectivity index (χ1v) is 8.89. The molecule has 0 spiro atoms. The smallest absolute Gasteiger partial charge is 0.251 e. The predicted molar refractivity (Wildman–Crippen MR) is 102 cm³/mol. The van der Waals surface area contributed by atoms with Gasteiger partial charge in [0.2, 0.25) is 0 Å². The van der Waals surface area contributed by atoms with Crippen molar-refractivity contribution in [3.05, 3.63) is 57.2 Å². The lowest BCUT2D eigenvalue weighted by atomic mass is 9.89. The Balaban J connectivity index is 1.89. The second kappa shape index (κ2) is 6.63. The molecule has 2 aromatic carbocycles. The SMILES string of the molecule is COc1ccc2c(c1)[C@@H](NC(=O)c1ccc(I)cc1)CC(C)(C)O2. The number of hydrogen-bond acceptors (Lipinski definition) is 3. The van der Waals surface area contributed by atoms with Gasteiger partial charge in [0.1, 0.15) is 17.1 Å². The number of rotatable bonds is 3. The Bertz CT molecular complexity index is 756. The Morgan fingerprint density at radius 1 is 1.25 bits per heavy atom. The zero-order chi connectivity index (χ0) is 17.3. The number of nitrogens with one attached hydrogen (secondary N) is 1. The highest BCUT2D eigenvalue weighted by Crippen LogP contribution is 2.41. The Morgan fingerprint density at radius 3 is 2.62 bits per heavy atom. The molecule has 0 radical (unpaired) electrons. The van der Waals surface area contributed by atoms with E-state index in [-0.39, 0.29) is 17.6 Å². The molecule has 0 bridgehead atoms. The van der Waals surface area contributed by atoms with Gasteiger partial charge in [0.15, 0.2) is 0 Å². The van der Waals surface area contributed by atoms with E-state index >= 15 is 0 Å². The molecule has 0 fully saturated rings. The number of halogens is 1. The fraction of sp³-hybridized carbons (Fsp3) is 0.316. The largest absolute Gasteiger partial charge is 0.497 e. The first kappa shape index (κ1) is 17.1. The molecule has 126 valence electrons. The van der Waals surface area contributed by atoms with Gasteiger partial charge in [-0.15, -0.1) is 0 Å². The molecule has 4 nitrogen and oxygen atoms in total. The summed E-state index contributed by atoms with van der Waals surface area (Å²) in [5.41, 5.74) is 1.27. The minimum Gasteiger partial charge on any atom is -0.497 e. The van der Waals surface area contributed by atoms with Crippen LogP contribution < -0.4 is 14.8 Å². The molecule has 1 heterocycles. The van der Waals surface area contributed by atoms with Gasteiger partial charge >= 0.3 is 0 Å². The van der Waals surface area contributed by atoms with Crippen molar-refractivity contribution in [2.45, 2.75) is 31.9 Å². The summed E-state index contributed by atoms with van der Waals surface area (Å²) in [7, 11) is 1.63. The standard InChI is InChI=1S/C19H20INO3/c1-19(2)11-16(15-10-14(23-3)8-9-17(15)24-19)21-18(22)12-4-6-13(20)7-5-12/h4-10,16H,11H2,1-3H3,(H,21,22)/t16-/m0/s1. The molecule has 0 aliphatic carbocycles. The van der Waals surface area contributed by atoms with Gasteiger partial charge in [0.25, 0.3) is 5.91 Å². The van der Waals surface area contributed by atoms with Crippen molar-refractivity contribution in [3.63, 3.8) is 0 Å². The highest BCUT2D eigenvalue weighted by Gasteiger charge is 2.35. The van der Waals surface area contributed by atoms with Gasteiger partial charge in [0.05, 0.1) is 13.2 Å². The lowest BCUT2D eigenvalue weighted by molar-refractivity contribution is 0.0618. The highest BCUT2D eigenvalue weighted by atomic mass is 127. The normalized spacial score (nSPS) is 18.2. The van der Waals surface area contributed by atoms with Gasteiger partial charge in [-0.1, -0.05) is 0 Å². The van der Waals surface area contributed by atoms with Crippen LogP contribution in [0.4, 0.5) is 0 Å². The molecule has 0 unspecified atom stereocenters. The highest BCUT2D eigenvalue weighted by molar-refractivity contribution is 14.1. The third kappa shape index (κ3) is 3.66. The average molecular weight is 437 g/mol. The summed E-state index contributed by atoms with van der Waals surface area (Å²) < 4.78 is 12.5. The Morgan fingerprint density at radius 2 is 1.96 bits per heavy atom. The van der Waals surface area contributed by atoms with Crippen molar-refractivity contribution < 1.29 is 14.3 Å². The first-order chi connectivity index (χ1) is 11.4. The van der Waals surface area contributed by atoms with E-state index in [1.54, 1.807) is 7.11 Å². The number of ether oxygens (including phenoxy) is 2. The second-order valence-corrected chi connectivity index (χ2v) is 7.75. The number of hydrogen-bond donors (Lipinski definition) is 1. The van der Waals surface area contributed by atoms with Gasteiger partial charge in [-0.3, -0.25) is 4.79 Å². The Labute approximate surface area is 155 Å². The number of amides is 1. The number of carbonyl (C=O) groups excluding carboxylic acids is 1. The summed E-state index contributed by atoms with van der Waals surface area (Å²) in [6.45, 7) is 4.06. The summed E-state index contributed by atoms with van der Waals surface area (Å²) in [4.78, 5) is 12.6. The van der Waals surface area contributed by atoms with E-state index in [0.717, 1.165) is 20.6 Å². The Hall–Kier alpha value is -1.76. The number of fused-ring (bicyclic) bond motifs is 1. The molecule has 0 aromatic heterocycles. The predicted octanol–water partition coefficient (Wildman–Crippen LogP) is 4.33. The van der Waals surface area contributed by atoms with E-state index in [0.29, 0.717) is 12.0 Å². The van der Waals surface area contributed by atoms with Crippen molar-refractivity contribution >= 4 is 28.5 Å². The van der Waals surface area contributed by atoms with Crippen LogP contribution in [0.1, 0.15) is 42.2 Å². The van der Waals surface area contributed by atoms with E-state index in [2.05, 4.69) is 27.9 Å². The van der Waals surface area contributed by atoms with E-state index in [1.807, 2.05) is 56.3 Å². The average Bonchev–Trinajstić information content (AvgIpc) is 2.54. The molecule has 1 amide bonds. The van der Waals surface area contributed by atoms with Crippen LogP contribution in [0, 0.1) is 3.57 Å². The summed E-state index contributed by atoms with van der Waals surface area (Å²) >= 11 is 2.23. The lowest BCUT2D eigenvalue weighted by Crippen LogP contribution is -2.41. The molecule has 0 saturated heterocycles. The molecule has 3 rings (SSSR count). The minimum atomic E-state index is -0.342. The number of benzene rings is 2. The third-order valence-corrected chi connectivity index (χ3v) is 4.81. The van der Waals surface area contributed by atoms with Crippen LogP contribution >= 0.6 is 22.6 Å². The van der Waals surface area contributed by atoms with Crippen LogP contribution in [0.2, 0.25) is 0 Å². The monoisotopic (exact) mass is 437 g/mol. The quantitative estimate of drug-likeness (QED) is 0.728. The van der Waals surface area contributed by atoms with Crippen molar-refractivity contribution in [1.29, 1.82) is 0 Å². The van der Waals surface area contributed by atoms with Gasteiger partial charge in [-0.25, -0.2) is 0 Å². The van der Waals surface area contributed by atoms with E-state index < -0.39 is 0 Å². The maximum absolute atomic E-state index is 12.6. The summed E-state index contributed by atoms with van der Waals surface area (Å²) in [5, 5.41) is 3.14. The molecule has 1 atom stereocenters. The van der Waals surface area contributed by atoms with Crippen LogP contribution in [-0.2, 0) is 0 Å². The maximum Gasteiger partial charge on any atom is 0.251 e. The van der Waals surface area contributed by atoms with E-state index in [1.165, 1.54) is 0 Å². The number of methoxy groups -OCH3 is 1. The molecule has 1 N–H and O–H groups in total. The zero-order valence-electron chi connectivity index (χ0n) is 13.9. The first-order valence-electron chi connectivity index (χ1n) is 7.81. The molecule has 5 heteroatoms. The fourth-order valence-corrected chi connectivity index (χ4v) is 3.29. The summed E-state index contributed by atoms with van der Waals surface area (Å²) in [6, 6.07) is 13.1. The van der Waals surface area contributed by atoms with Gasteiger partial charge in [-0.05, 0) is 78.9 Å². The fourth-order valence-electron chi connectivity index (χ4n) is 2.93. The van der Waals surface area contributed by atoms with Crippen molar-refractivity contribution in [1.82, 2.24) is 5.32 Å². The lowest BCUT2D eigenvalue weighted by Gasteiger charge is -2.38. The Kier molecular flexibility index (Phi) is 4.71. The van der Waals surface area contributed by atoms with Gasteiger partial charge in [0, 0.05) is 21.1 Å². The summed E-state index contributed by atoms with van der Waals surface area (Å²) in [5.74, 6) is 1.47. The van der Waals surface area contributed by atoms with Crippen LogP contribution in [0.15, 0.2) is 42.5 Å². The molecule has 2 aromatic rings. The molecular weight excluding hydrogens is 417 g/mol. The minimum absolute atomic E-state index is 0.0807. The number of carbonyl (C=O) groups is 1. The molecule has 1 aliphatic rings. The molecule has 0 saturated carbocycles. The van der Waals surface area contributed by atoms with Crippen LogP contribution in [0.5, 0.6) is 11.5 Å².